The lowest BCUT2D eigenvalue weighted by atomic mass is 9.82. The van der Waals surface area contributed by atoms with Gasteiger partial charge in [-0.05, 0) is 11.5 Å². The topological polar surface area (TPSA) is 72.8 Å². The van der Waals surface area contributed by atoms with Crippen molar-refractivity contribution in [3.05, 3.63) is 23.5 Å². The lowest BCUT2D eigenvalue weighted by Gasteiger charge is -2.21. The third-order valence-electron chi connectivity index (χ3n) is 3.04. The molecule has 0 atom stereocenters. The molecule has 0 amide bonds. The van der Waals surface area contributed by atoms with E-state index in [4.69, 9.17) is 14.6 Å². The minimum atomic E-state index is -0.999. The average Bonchev–Trinajstić information content (AvgIpc) is 2.35. The smallest absolute Gasteiger partial charge is 0.303 e. The van der Waals surface area contributed by atoms with Crippen LogP contribution >= 0.6 is 0 Å². The Hall–Kier alpha value is -2.11. The monoisotopic (exact) mass is 298 g/mol. The van der Waals surface area contributed by atoms with Crippen molar-refractivity contribution in [1.82, 2.24) is 0 Å². The van der Waals surface area contributed by atoms with E-state index in [1.807, 2.05) is 0 Å². The quantitative estimate of drug-likeness (QED) is 0.784. The molecule has 0 fully saturated rings. The van der Waals surface area contributed by atoms with Crippen molar-refractivity contribution < 1.29 is 28.6 Å². The molecular formula is C15H19FO5. The number of hydrogen-bond acceptors (Lipinski definition) is 4. The molecule has 0 aliphatic heterocycles. The van der Waals surface area contributed by atoms with Crippen LogP contribution in [0, 0.1) is 11.2 Å². The van der Waals surface area contributed by atoms with E-state index >= 15 is 0 Å². The molecule has 0 aromatic heterocycles. The van der Waals surface area contributed by atoms with E-state index in [-0.39, 0.29) is 29.9 Å². The number of carbonyl (C=O) groups excluding carboxylic acids is 1. The lowest BCUT2D eigenvalue weighted by Crippen LogP contribution is -2.21. The summed E-state index contributed by atoms with van der Waals surface area (Å²) in [5.41, 5.74) is -0.895. The third kappa shape index (κ3) is 4.44. The Labute approximate surface area is 122 Å². The number of ether oxygens (including phenoxy) is 2. The number of Topliss-reactive ketones (excluding diaryl/α,β-unsaturated/α-hetero) is 1. The van der Waals surface area contributed by atoms with Gasteiger partial charge in [0.2, 0.25) is 0 Å². The summed E-state index contributed by atoms with van der Waals surface area (Å²) in [4.78, 5) is 23.0. The molecule has 6 heteroatoms. The second kappa shape index (κ2) is 6.56. The molecular weight excluding hydrogens is 279 g/mol. The molecule has 1 rings (SSSR count). The van der Waals surface area contributed by atoms with Gasteiger partial charge >= 0.3 is 5.97 Å². The summed E-state index contributed by atoms with van der Waals surface area (Å²) in [5.74, 6) is -1.75. The zero-order valence-corrected chi connectivity index (χ0v) is 12.5. The fourth-order valence-electron chi connectivity index (χ4n) is 2.07. The van der Waals surface area contributed by atoms with E-state index in [9.17, 15) is 14.0 Å². The van der Waals surface area contributed by atoms with Gasteiger partial charge in [0.25, 0.3) is 0 Å². The number of carboxylic acids is 1. The van der Waals surface area contributed by atoms with Crippen LogP contribution in [0.4, 0.5) is 4.39 Å². The maximum atomic E-state index is 14.0. The van der Waals surface area contributed by atoms with Crippen LogP contribution in [0.5, 0.6) is 11.5 Å². The highest BCUT2D eigenvalue weighted by Gasteiger charge is 2.27. The van der Waals surface area contributed by atoms with Gasteiger partial charge in [0.1, 0.15) is 5.82 Å². The fraction of sp³-hybridized carbons (Fsp3) is 0.467. The van der Waals surface area contributed by atoms with E-state index in [1.165, 1.54) is 20.3 Å². The summed E-state index contributed by atoms with van der Waals surface area (Å²) < 4.78 is 24.0. The molecule has 0 spiro atoms. The van der Waals surface area contributed by atoms with Crippen molar-refractivity contribution >= 4 is 11.8 Å². The minimum absolute atomic E-state index is 0.0777. The predicted octanol–water partition coefficient (Wildman–Crippen LogP) is 2.92. The number of hydrogen-bond donors (Lipinski definition) is 1. The Morgan fingerprint density at radius 3 is 2.14 bits per heavy atom. The van der Waals surface area contributed by atoms with E-state index < -0.39 is 23.0 Å². The zero-order valence-electron chi connectivity index (χ0n) is 12.5. The first kappa shape index (κ1) is 16.9. The number of carboxylic acid groups (broad SMARTS) is 1. The highest BCUT2D eigenvalue weighted by Crippen LogP contribution is 2.33. The molecule has 5 nitrogen and oxygen atoms in total. The molecule has 0 saturated carbocycles. The second-order valence-corrected chi connectivity index (χ2v) is 5.52. The molecule has 1 aromatic rings. The first-order valence-electron chi connectivity index (χ1n) is 6.36. The highest BCUT2D eigenvalue weighted by atomic mass is 19.1. The van der Waals surface area contributed by atoms with Crippen molar-refractivity contribution in [2.45, 2.75) is 26.7 Å². The Kier molecular flexibility index (Phi) is 5.29. The average molecular weight is 298 g/mol. The predicted molar refractivity (Wildman–Crippen MR) is 74.5 cm³/mol. The molecule has 116 valence electrons. The molecule has 0 unspecified atom stereocenters. The molecule has 21 heavy (non-hydrogen) atoms. The number of carbonyl (C=O) groups is 2. The Bertz CT molecular complexity index is 551. The second-order valence-electron chi connectivity index (χ2n) is 5.52. The van der Waals surface area contributed by atoms with E-state index in [1.54, 1.807) is 13.8 Å². The SMILES string of the molecule is COc1cc(F)c(C(=O)CC(C)(C)CC(=O)O)cc1OC. The molecule has 0 bridgehead atoms. The lowest BCUT2D eigenvalue weighted by molar-refractivity contribution is -0.139. The molecule has 0 heterocycles. The van der Waals surface area contributed by atoms with Crippen LogP contribution < -0.4 is 9.47 Å². The van der Waals surface area contributed by atoms with Crippen molar-refractivity contribution in [2.24, 2.45) is 5.41 Å². The molecule has 0 aliphatic carbocycles. The number of ketones is 1. The van der Waals surface area contributed by atoms with Gasteiger partial charge < -0.3 is 14.6 Å². The fourth-order valence-corrected chi connectivity index (χ4v) is 2.07. The summed E-state index contributed by atoms with van der Waals surface area (Å²) >= 11 is 0. The van der Waals surface area contributed by atoms with Crippen molar-refractivity contribution in [3.63, 3.8) is 0 Å². The summed E-state index contributed by atoms with van der Waals surface area (Å²) in [7, 11) is 2.76. The summed E-state index contributed by atoms with van der Waals surface area (Å²) in [6, 6.07) is 2.35. The van der Waals surface area contributed by atoms with Gasteiger partial charge in [-0.3, -0.25) is 9.59 Å². The molecule has 0 radical (unpaired) electrons. The summed E-state index contributed by atoms with van der Waals surface area (Å²) in [5, 5.41) is 8.82. The molecule has 0 saturated heterocycles. The van der Waals surface area contributed by atoms with Gasteiger partial charge in [0, 0.05) is 12.5 Å². The van der Waals surface area contributed by atoms with Crippen LogP contribution in [0.15, 0.2) is 12.1 Å². The van der Waals surface area contributed by atoms with Gasteiger partial charge in [-0.25, -0.2) is 4.39 Å². The number of halogens is 1. The van der Waals surface area contributed by atoms with E-state index in [0.717, 1.165) is 6.07 Å². The summed E-state index contributed by atoms with van der Waals surface area (Å²) in [6.07, 6.45) is -0.251. The third-order valence-corrected chi connectivity index (χ3v) is 3.04. The van der Waals surface area contributed by atoms with Gasteiger partial charge in [-0.15, -0.1) is 0 Å². The minimum Gasteiger partial charge on any atom is -0.493 e. The summed E-state index contributed by atoms with van der Waals surface area (Å²) in [6.45, 7) is 3.30. The Morgan fingerprint density at radius 2 is 1.67 bits per heavy atom. The number of rotatable bonds is 7. The van der Waals surface area contributed by atoms with Gasteiger partial charge in [-0.2, -0.15) is 0 Å². The van der Waals surface area contributed by atoms with Crippen molar-refractivity contribution in [1.29, 1.82) is 0 Å². The first-order chi connectivity index (χ1) is 9.70. The van der Waals surface area contributed by atoms with Crippen LogP contribution in [0.25, 0.3) is 0 Å². The Morgan fingerprint density at radius 1 is 1.14 bits per heavy atom. The van der Waals surface area contributed by atoms with Crippen LogP contribution in [0.3, 0.4) is 0 Å². The van der Waals surface area contributed by atoms with Gasteiger partial charge in [0.15, 0.2) is 17.3 Å². The number of aliphatic carboxylic acids is 1. The van der Waals surface area contributed by atoms with Gasteiger partial charge in [-0.1, -0.05) is 13.8 Å². The van der Waals surface area contributed by atoms with Gasteiger partial charge in [0.05, 0.1) is 26.2 Å². The largest absolute Gasteiger partial charge is 0.493 e. The van der Waals surface area contributed by atoms with Crippen molar-refractivity contribution in [3.8, 4) is 11.5 Å². The maximum Gasteiger partial charge on any atom is 0.303 e. The van der Waals surface area contributed by atoms with E-state index in [0.29, 0.717) is 0 Å². The van der Waals surface area contributed by atoms with Crippen molar-refractivity contribution in [2.75, 3.05) is 14.2 Å². The maximum absolute atomic E-state index is 14.0. The normalized spacial score (nSPS) is 11.1. The number of methoxy groups -OCH3 is 2. The number of benzene rings is 1. The van der Waals surface area contributed by atoms with Crippen LogP contribution in [0.2, 0.25) is 0 Å². The van der Waals surface area contributed by atoms with E-state index in [2.05, 4.69) is 0 Å². The standard InChI is InChI=1S/C15H19FO5/c1-15(2,8-14(18)19)7-11(17)9-5-12(20-3)13(21-4)6-10(9)16/h5-6H,7-8H2,1-4H3,(H,18,19). The first-order valence-corrected chi connectivity index (χ1v) is 6.36. The molecule has 1 N–H and O–H groups in total. The van der Waals surface area contributed by atoms with Crippen LogP contribution in [-0.4, -0.2) is 31.1 Å². The van der Waals surface area contributed by atoms with Crippen LogP contribution in [-0.2, 0) is 4.79 Å². The Balaban J connectivity index is 3.05. The zero-order chi connectivity index (χ0) is 16.2. The van der Waals surface area contributed by atoms with Crippen LogP contribution in [0.1, 0.15) is 37.0 Å². The molecule has 1 aromatic carbocycles. The molecule has 0 aliphatic rings. The highest BCUT2D eigenvalue weighted by molar-refractivity contribution is 5.97.